The normalized spacial score (nSPS) is 15.2. The van der Waals surface area contributed by atoms with E-state index in [4.69, 9.17) is 26.1 Å². The minimum absolute atomic E-state index is 0.00596. The number of nitrogens with zero attached hydrogens (tertiary/aromatic N) is 8. The van der Waals surface area contributed by atoms with Gasteiger partial charge in [-0.25, -0.2) is 18.4 Å². The predicted octanol–water partition coefficient (Wildman–Crippen LogP) is 6.18. The smallest absolute Gasteiger partial charge is 0.213 e. The molecule has 0 saturated carbocycles. The Morgan fingerprint density at radius 1 is 1.11 bits per heavy atom. The molecule has 0 unspecified atom stereocenters. The summed E-state index contributed by atoms with van der Waals surface area (Å²) in [4.78, 5) is 14.0. The van der Waals surface area contributed by atoms with Crippen molar-refractivity contribution < 1.29 is 17.9 Å². The number of hydrogen-bond acceptors (Lipinski definition) is 9. The van der Waals surface area contributed by atoms with Gasteiger partial charge in [0.15, 0.2) is 0 Å². The highest BCUT2D eigenvalue weighted by atomic mass is 35.5. The van der Waals surface area contributed by atoms with Gasteiger partial charge >= 0.3 is 0 Å². The monoisotopic (exact) mass is 692 g/mol. The van der Waals surface area contributed by atoms with E-state index < -0.39 is 23.6 Å². The Morgan fingerprint density at radius 3 is 2.60 bits per heavy atom. The molecule has 1 saturated heterocycles. The molecule has 3 aromatic heterocycles. The fourth-order valence-corrected chi connectivity index (χ4v) is 7.78. The molecule has 246 valence electrons. The molecule has 0 atom stereocenters. The van der Waals surface area contributed by atoms with E-state index in [2.05, 4.69) is 40.8 Å². The Morgan fingerprint density at radius 2 is 1.87 bits per heavy atom. The Hall–Kier alpha value is -3.87. The molecular formula is C32H37ClN8O4SSi. The number of sulfonamides is 1. The van der Waals surface area contributed by atoms with Gasteiger partial charge in [-0.1, -0.05) is 31.2 Å². The summed E-state index contributed by atoms with van der Waals surface area (Å²) in [7, 11) is -4.55. The highest BCUT2D eigenvalue weighted by Crippen LogP contribution is 2.38. The van der Waals surface area contributed by atoms with Crippen LogP contribution in [0, 0.1) is 18.3 Å². The maximum Gasteiger partial charge on any atom is 0.213 e. The summed E-state index contributed by atoms with van der Waals surface area (Å²) >= 11 is 6.87. The Labute approximate surface area is 280 Å². The van der Waals surface area contributed by atoms with Crippen molar-refractivity contribution in [3.05, 3.63) is 59.8 Å². The Kier molecular flexibility index (Phi) is 8.88. The third-order valence-electron chi connectivity index (χ3n) is 8.44. The number of imidazole rings is 1. The number of nitriles is 1. The maximum absolute atomic E-state index is 12.3. The van der Waals surface area contributed by atoms with Gasteiger partial charge in [-0.05, 0) is 44.2 Å². The lowest BCUT2D eigenvalue weighted by atomic mass is 9.89. The molecular weight excluding hydrogens is 656 g/mol. The summed E-state index contributed by atoms with van der Waals surface area (Å²) in [5.41, 5.74) is 3.26. The average molecular weight is 693 g/mol. The number of aryl methyl sites for hydroxylation is 1. The van der Waals surface area contributed by atoms with Gasteiger partial charge in [-0.3, -0.25) is 9.67 Å². The van der Waals surface area contributed by atoms with E-state index in [0.29, 0.717) is 52.2 Å². The molecule has 0 aliphatic carbocycles. The lowest BCUT2D eigenvalue weighted by molar-refractivity contribution is 0.0719. The molecule has 6 rings (SSSR count). The molecule has 2 aromatic carbocycles. The molecule has 15 heteroatoms. The van der Waals surface area contributed by atoms with Crippen LogP contribution in [0.15, 0.2) is 48.9 Å². The largest absolute Gasteiger partial charge is 0.456 e. The summed E-state index contributed by atoms with van der Waals surface area (Å²) in [6.07, 6.45) is 5.16. The molecule has 0 radical (unpaired) electrons. The van der Waals surface area contributed by atoms with Crippen molar-refractivity contribution in [1.29, 1.82) is 5.26 Å². The summed E-state index contributed by atoms with van der Waals surface area (Å²) in [6.45, 7) is 12.1. The molecule has 4 heterocycles. The van der Waals surface area contributed by atoms with Gasteiger partial charge in [0.2, 0.25) is 10.0 Å². The quantitative estimate of drug-likeness (QED) is 0.111. The van der Waals surface area contributed by atoms with Gasteiger partial charge in [0.05, 0.1) is 52.9 Å². The van der Waals surface area contributed by atoms with E-state index in [1.165, 1.54) is 4.31 Å². The third kappa shape index (κ3) is 6.63. The Bertz CT molecular complexity index is 2110. The molecule has 47 heavy (non-hydrogen) atoms. The minimum Gasteiger partial charge on any atom is -0.456 e. The van der Waals surface area contributed by atoms with Crippen LogP contribution in [0.25, 0.3) is 33.3 Å². The van der Waals surface area contributed by atoms with E-state index in [1.54, 1.807) is 42.3 Å². The first-order valence-corrected chi connectivity index (χ1v) is 21.1. The molecule has 0 amide bonds. The number of rotatable bonds is 12. The molecule has 1 aliphatic heterocycles. The summed E-state index contributed by atoms with van der Waals surface area (Å²) in [5, 5.41) is 14.3. The zero-order valence-corrected chi connectivity index (χ0v) is 29.6. The second-order valence-corrected chi connectivity index (χ2v) is 21.3. The van der Waals surface area contributed by atoms with Crippen molar-refractivity contribution in [2.75, 3.05) is 25.4 Å². The topological polar surface area (TPSA) is 141 Å². The SMILES string of the molecule is CCS(=O)(=O)N1CC(CC#N)(n2cc(-c3cnc4ccc(Oc5ccc6nc(C)n(COCC[Si](C)(C)C)c6c5)c(Cl)c4n3)cn2)C1. The lowest BCUT2D eigenvalue weighted by Gasteiger charge is -2.47. The molecule has 1 fully saturated rings. The molecule has 0 N–H and O–H groups in total. The molecule has 0 spiro atoms. The van der Waals surface area contributed by atoms with Crippen LogP contribution in [0.1, 0.15) is 19.2 Å². The molecule has 0 bridgehead atoms. The minimum atomic E-state index is -3.36. The number of hydrogen-bond donors (Lipinski definition) is 0. The first-order chi connectivity index (χ1) is 22.3. The van der Waals surface area contributed by atoms with Crippen LogP contribution >= 0.6 is 11.6 Å². The fourth-order valence-electron chi connectivity index (χ4n) is 5.54. The van der Waals surface area contributed by atoms with Gasteiger partial charge < -0.3 is 14.0 Å². The first kappa shape index (κ1) is 33.0. The van der Waals surface area contributed by atoms with Crippen LogP contribution in [-0.4, -0.2) is 75.5 Å². The van der Waals surface area contributed by atoms with Gasteiger partial charge in [0.25, 0.3) is 0 Å². The molecule has 1 aliphatic rings. The van der Waals surface area contributed by atoms with Crippen molar-refractivity contribution >= 4 is 51.8 Å². The number of aromatic nitrogens is 6. The van der Waals surface area contributed by atoms with Gasteiger partial charge in [-0.2, -0.15) is 14.7 Å². The van der Waals surface area contributed by atoms with E-state index in [9.17, 15) is 13.7 Å². The predicted molar refractivity (Wildman–Crippen MR) is 184 cm³/mol. The van der Waals surface area contributed by atoms with Crippen molar-refractivity contribution in [2.24, 2.45) is 0 Å². The van der Waals surface area contributed by atoms with Crippen LogP contribution in [0.3, 0.4) is 0 Å². The summed E-state index contributed by atoms with van der Waals surface area (Å²) in [6, 6.07) is 12.5. The van der Waals surface area contributed by atoms with E-state index >= 15 is 0 Å². The van der Waals surface area contributed by atoms with E-state index in [-0.39, 0.29) is 25.3 Å². The summed E-state index contributed by atoms with van der Waals surface area (Å²) < 4.78 is 42.1. The zero-order chi connectivity index (χ0) is 33.6. The average Bonchev–Trinajstić information content (AvgIpc) is 3.62. The second kappa shape index (κ2) is 12.6. The number of benzene rings is 2. The van der Waals surface area contributed by atoms with Crippen molar-refractivity contribution in [1.82, 2.24) is 33.6 Å². The second-order valence-electron chi connectivity index (χ2n) is 13.1. The molecule has 5 aromatic rings. The van der Waals surface area contributed by atoms with Crippen LogP contribution in [0.2, 0.25) is 30.7 Å². The third-order valence-corrected chi connectivity index (χ3v) is 12.3. The van der Waals surface area contributed by atoms with Crippen LogP contribution in [-0.2, 0) is 27.0 Å². The standard InChI is InChI=1S/C32H37ClN8O4SSi/c1-6-46(42,43)39-19-32(20-39,11-12-34)41-18-23(16-36-41)27-17-35-26-9-10-29(30(33)31(26)38-27)45-24-7-8-25-28(15-24)40(22(2)37-25)21-44-13-14-47(3,4)5/h7-10,15-18H,6,11,13-14,19-21H2,1-5H3. The van der Waals surface area contributed by atoms with Crippen molar-refractivity contribution in [3.8, 4) is 28.8 Å². The first-order valence-electron chi connectivity index (χ1n) is 15.4. The van der Waals surface area contributed by atoms with E-state index in [1.807, 2.05) is 29.7 Å². The zero-order valence-electron chi connectivity index (χ0n) is 27.1. The van der Waals surface area contributed by atoms with E-state index in [0.717, 1.165) is 22.9 Å². The lowest BCUT2D eigenvalue weighted by Crippen LogP contribution is -2.64. The highest BCUT2D eigenvalue weighted by Gasteiger charge is 2.49. The van der Waals surface area contributed by atoms with Crippen LogP contribution < -0.4 is 4.74 Å². The van der Waals surface area contributed by atoms with Gasteiger partial charge in [0, 0.05) is 45.6 Å². The number of fused-ring (bicyclic) bond motifs is 2. The van der Waals surface area contributed by atoms with Crippen LogP contribution in [0.5, 0.6) is 11.5 Å². The summed E-state index contributed by atoms with van der Waals surface area (Å²) in [5.74, 6) is 1.88. The maximum atomic E-state index is 12.3. The van der Waals surface area contributed by atoms with Crippen molar-refractivity contribution in [3.63, 3.8) is 0 Å². The van der Waals surface area contributed by atoms with Gasteiger partial charge in [0.1, 0.15) is 40.1 Å². The Balaban J connectivity index is 1.24. The van der Waals surface area contributed by atoms with Crippen LogP contribution in [0.4, 0.5) is 0 Å². The van der Waals surface area contributed by atoms with Gasteiger partial charge in [-0.15, -0.1) is 0 Å². The molecule has 12 nitrogen and oxygen atoms in total. The number of ether oxygens (including phenoxy) is 2. The number of halogens is 1. The highest BCUT2D eigenvalue weighted by molar-refractivity contribution is 7.89. The van der Waals surface area contributed by atoms with Crippen molar-refractivity contribution in [2.45, 2.75) is 58.2 Å². The fraction of sp³-hybridized carbons (Fsp3) is 0.406.